The van der Waals surface area contributed by atoms with Crippen molar-refractivity contribution in [3.05, 3.63) is 186 Å². The minimum atomic E-state index is -0.550. The molecule has 8 aromatic carbocycles. The Morgan fingerprint density at radius 2 is 0.961 bits per heavy atom. The third kappa shape index (κ3) is 3.45. The van der Waals surface area contributed by atoms with Crippen LogP contribution in [0.15, 0.2) is 158 Å². The molecule has 0 bridgehead atoms. The molecule has 1 spiro atoms. The summed E-state index contributed by atoms with van der Waals surface area (Å²) in [7, 11) is 0. The molecule has 0 atom stereocenters. The molecule has 1 aliphatic carbocycles. The van der Waals surface area contributed by atoms with Crippen LogP contribution in [0.5, 0.6) is 23.0 Å². The largest absolute Gasteiger partial charge is 0.458 e. The molecule has 3 nitrogen and oxygen atoms in total. The average Bonchev–Trinajstić information content (AvgIpc) is 3.50. The first kappa shape index (κ1) is 27.6. The van der Waals surface area contributed by atoms with Gasteiger partial charge in [0, 0.05) is 23.4 Å². The maximum atomic E-state index is 6.80. The molecule has 51 heavy (non-hydrogen) atoms. The first-order chi connectivity index (χ1) is 25.3. The van der Waals surface area contributed by atoms with Gasteiger partial charge in [-0.15, -0.1) is 0 Å². The van der Waals surface area contributed by atoms with Crippen LogP contribution in [0.2, 0.25) is 0 Å². The van der Waals surface area contributed by atoms with Gasteiger partial charge in [-0.05, 0) is 115 Å². The van der Waals surface area contributed by atoms with Gasteiger partial charge < -0.3 is 14.4 Å². The Morgan fingerprint density at radius 1 is 0.451 bits per heavy atom. The van der Waals surface area contributed by atoms with Gasteiger partial charge in [-0.2, -0.15) is 0 Å². The van der Waals surface area contributed by atoms with Gasteiger partial charge in [-0.3, -0.25) is 0 Å². The van der Waals surface area contributed by atoms with Gasteiger partial charge >= 0.3 is 0 Å². The van der Waals surface area contributed by atoms with E-state index in [1.165, 1.54) is 71.7 Å². The third-order valence-electron chi connectivity index (χ3n) is 11.9. The summed E-state index contributed by atoms with van der Waals surface area (Å²) >= 11 is 0. The van der Waals surface area contributed by atoms with Crippen LogP contribution in [0.1, 0.15) is 27.8 Å². The van der Waals surface area contributed by atoms with Crippen LogP contribution in [-0.2, 0) is 11.8 Å². The van der Waals surface area contributed by atoms with Gasteiger partial charge in [0.25, 0.3) is 6.71 Å². The molecule has 3 aliphatic heterocycles. The monoisotopic (exact) mass is 651 g/mol. The van der Waals surface area contributed by atoms with Crippen molar-refractivity contribution in [1.29, 1.82) is 0 Å². The topological polar surface area (TPSA) is 21.7 Å². The number of hydrogen-bond donors (Lipinski definition) is 0. The van der Waals surface area contributed by atoms with E-state index < -0.39 is 5.41 Å². The van der Waals surface area contributed by atoms with Crippen molar-refractivity contribution in [2.75, 3.05) is 11.4 Å². The zero-order valence-corrected chi connectivity index (χ0v) is 27.8. The van der Waals surface area contributed by atoms with E-state index in [4.69, 9.17) is 9.47 Å². The van der Waals surface area contributed by atoms with Crippen molar-refractivity contribution in [3.8, 4) is 23.0 Å². The Bertz CT molecular complexity index is 2660. The number of nitrogens with zero attached hydrogens (tertiary/aromatic N) is 1. The number of ether oxygens (including phenoxy) is 2. The first-order valence-electron chi connectivity index (χ1n) is 17.9. The van der Waals surface area contributed by atoms with Gasteiger partial charge in [0.15, 0.2) is 0 Å². The first-order valence-corrected chi connectivity index (χ1v) is 17.9. The lowest BCUT2D eigenvalue weighted by Crippen LogP contribution is -2.65. The predicted molar refractivity (Wildman–Crippen MR) is 208 cm³/mol. The summed E-state index contributed by atoms with van der Waals surface area (Å²) in [5, 5.41) is 5.29. The van der Waals surface area contributed by atoms with Gasteiger partial charge in [0.1, 0.15) is 23.0 Å². The molecule has 0 saturated carbocycles. The van der Waals surface area contributed by atoms with E-state index in [-0.39, 0.29) is 6.71 Å². The highest BCUT2D eigenvalue weighted by molar-refractivity contribution is 6.99. The minimum Gasteiger partial charge on any atom is -0.458 e. The van der Waals surface area contributed by atoms with E-state index in [0.717, 1.165) is 41.4 Å². The summed E-state index contributed by atoms with van der Waals surface area (Å²) in [6.07, 6.45) is 0.870. The maximum absolute atomic E-state index is 6.80. The van der Waals surface area contributed by atoms with E-state index in [1.807, 2.05) is 6.07 Å². The second-order valence-electron chi connectivity index (χ2n) is 14.2. The second-order valence-corrected chi connectivity index (χ2v) is 14.2. The summed E-state index contributed by atoms with van der Waals surface area (Å²) in [5.41, 5.74) is 12.3. The van der Waals surface area contributed by atoms with E-state index in [9.17, 15) is 0 Å². The van der Waals surface area contributed by atoms with Crippen LogP contribution in [0.3, 0.4) is 0 Å². The van der Waals surface area contributed by atoms with Gasteiger partial charge in [-0.1, -0.05) is 109 Å². The molecule has 0 aromatic heterocycles. The Morgan fingerprint density at radius 3 is 1.59 bits per heavy atom. The normalized spacial score (nSPS) is 14.5. The van der Waals surface area contributed by atoms with Crippen LogP contribution < -0.4 is 30.8 Å². The van der Waals surface area contributed by atoms with Crippen molar-refractivity contribution in [3.63, 3.8) is 0 Å². The van der Waals surface area contributed by atoms with Gasteiger partial charge in [0.2, 0.25) is 0 Å². The van der Waals surface area contributed by atoms with Crippen LogP contribution >= 0.6 is 0 Å². The minimum absolute atomic E-state index is 0.0407. The lowest BCUT2D eigenvalue weighted by Gasteiger charge is -2.47. The Balaban J connectivity index is 1.16. The number of fused-ring (bicyclic) bond motifs is 4. The molecular weight excluding hydrogens is 621 g/mol. The predicted octanol–water partition coefficient (Wildman–Crippen LogP) is 9.11. The van der Waals surface area contributed by atoms with E-state index in [0.29, 0.717) is 0 Å². The highest BCUT2D eigenvalue weighted by atomic mass is 16.5. The zero-order chi connectivity index (χ0) is 33.3. The van der Waals surface area contributed by atoms with Gasteiger partial charge in [-0.25, -0.2) is 0 Å². The highest BCUT2D eigenvalue weighted by Gasteiger charge is 2.57. The molecule has 12 rings (SSSR count). The van der Waals surface area contributed by atoms with Crippen molar-refractivity contribution in [2.24, 2.45) is 0 Å². The molecule has 0 unspecified atom stereocenters. The summed E-state index contributed by atoms with van der Waals surface area (Å²) in [6.45, 7) is 0.874. The summed E-state index contributed by atoms with van der Waals surface area (Å²) < 4.78 is 13.6. The molecule has 238 valence electrons. The summed E-state index contributed by atoms with van der Waals surface area (Å²) in [5.74, 6) is 3.67. The zero-order valence-electron chi connectivity index (χ0n) is 27.8. The van der Waals surface area contributed by atoms with Crippen molar-refractivity contribution in [1.82, 2.24) is 0 Å². The number of rotatable bonds is 5. The summed E-state index contributed by atoms with van der Waals surface area (Å²) in [6, 6.07) is 57.6. The maximum Gasteiger partial charge on any atom is 0.261 e. The van der Waals surface area contributed by atoms with E-state index >= 15 is 0 Å². The Labute approximate surface area is 296 Å². The van der Waals surface area contributed by atoms with Crippen molar-refractivity contribution >= 4 is 56.0 Å². The van der Waals surface area contributed by atoms with Crippen LogP contribution in [0.4, 0.5) is 11.4 Å². The van der Waals surface area contributed by atoms with Gasteiger partial charge in [0.05, 0.1) is 5.41 Å². The fraction of sp³-hybridized carbons (Fsp3) is 0.0638. The van der Waals surface area contributed by atoms with Crippen LogP contribution in [-0.4, -0.2) is 13.3 Å². The van der Waals surface area contributed by atoms with Crippen LogP contribution in [0, 0.1) is 0 Å². The van der Waals surface area contributed by atoms with Crippen molar-refractivity contribution < 1.29 is 9.47 Å². The van der Waals surface area contributed by atoms with E-state index in [1.54, 1.807) is 0 Å². The van der Waals surface area contributed by atoms with Crippen LogP contribution in [0.25, 0.3) is 21.5 Å². The number of benzene rings is 8. The lowest BCUT2D eigenvalue weighted by atomic mass is 9.29. The molecular formula is C47H30BNO2. The molecule has 3 heterocycles. The molecule has 8 aromatic rings. The Kier molecular flexibility index (Phi) is 5.36. The lowest BCUT2D eigenvalue weighted by molar-refractivity contribution is 0.461. The molecule has 0 amide bonds. The molecule has 0 fully saturated rings. The number of anilines is 2. The number of para-hydroxylation sites is 2. The standard InChI is InChI=1S/C47H30BNO2/c1-3-12-32(13-4-1)49(33-14-5-2-6-15-33)28-27-31-26-25-30-24-23-29-11-7-16-34-41(29)42(30)43(31)47(34)35-17-8-19-37-44(35)48-45-36(47)18-9-20-38(45)51-40-22-10-21-39(50-37)46(40)48/h1-26H,27-28H2. The van der Waals surface area contributed by atoms with E-state index in [2.05, 4.69) is 157 Å². The molecule has 0 N–H and O–H groups in total. The van der Waals surface area contributed by atoms with Crippen molar-refractivity contribution in [2.45, 2.75) is 11.8 Å². The summed E-state index contributed by atoms with van der Waals surface area (Å²) in [4.78, 5) is 2.46. The number of hydrogen-bond acceptors (Lipinski definition) is 3. The fourth-order valence-electron chi connectivity index (χ4n) is 10.1. The second kappa shape index (κ2) is 9.92. The average molecular weight is 652 g/mol. The molecule has 4 heteroatoms. The quantitative estimate of drug-likeness (QED) is 0.137. The SMILES string of the molecule is c1ccc(N(CCc2ccc3ccc4cccc5c4c3c2C52c3cccc4c3B3c5c(cccc5Oc5cccc2c53)O4)c2ccccc2)cc1. The third-order valence-corrected chi connectivity index (χ3v) is 11.9. The molecule has 0 saturated heterocycles. The molecule has 4 aliphatic rings. The Hall–Kier alpha value is -6.26. The molecule has 0 radical (unpaired) electrons. The smallest absolute Gasteiger partial charge is 0.261 e. The fourth-order valence-corrected chi connectivity index (χ4v) is 10.1. The highest BCUT2D eigenvalue weighted by Crippen LogP contribution is 2.59.